The number of rotatable bonds is 6. The lowest BCUT2D eigenvalue weighted by Crippen LogP contribution is -2.28. The van der Waals surface area contributed by atoms with Crippen LogP contribution >= 0.6 is 11.6 Å². The van der Waals surface area contributed by atoms with Crippen LogP contribution in [0.25, 0.3) is 0 Å². The van der Waals surface area contributed by atoms with Crippen molar-refractivity contribution in [2.24, 2.45) is 0 Å². The fourth-order valence-corrected chi connectivity index (χ4v) is 1.25. The lowest BCUT2D eigenvalue weighted by atomic mass is 10.5. The van der Waals surface area contributed by atoms with Crippen molar-refractivity contribution in [1.29, 1.82) is 0 Å². The molecule has 0 aromatic carbocycles. The van der Waals surface area contributed by atoms with Gasteiger partial charge in [0.2, 0.25) is 11.2 Å². The van der Waals surface area contributed by atoms with Crippen LogP contribution in [0.2, 0.25) is 5.28 Å². The van der Waals surface area contributed by atoms with Crippen molar-refractivity contribution < 1.29 is 9.84 Å². The average molecular weight is 245 g/mol. The summed E-state index contributed by atoms with van der Waals surface area (Å²) in [5.74, 6) is 0.353. The predicted octanol–water partition coefficient (Wildman–Crippen LogP) is 0.518. The highest BCUT2D eigenvalue weighted by atomic mass is 35.5. The van der Waals surface area contributed by atoms with E-state index in [2.05, 4.69) is 21.5 Å². The minimum absolute atomic E-state index is 0.0144. The summed E-state index contributed by atoms with van der Waals surface area (Å²) in [6, 6.07) is 0.141. The molecule has 1 rings (SSSR count). The monoisotopic (exact) mass is 244 g/mol. The molecule has 6 nitrogen and oxygen atoms in total. The van der Waals surface area contributed by atoms with Gasteiger partial charge in [-0.05, 0) is 11.6 Å². The van der Waals surface area contributed by atoms with Crippen molar-refractivity contribution in [1.82, 2.24) is 15.0 Å². The van der Waals surface area contributed by atoms with E-state index in [0.29, 0.717) is 19.0 Å². The second-order valence-electron chi connectivity index (χ2n) is 2.85. The molecule has 1 heterocycles. The van der Waals surface area contributed by atoms with Gasteiger partial charge in [0.15, 0.2) is 0 Å². The molecule has 88 valence electrons. The van der Waals surface area contributed by atoms with Gasteiger partial charge in [0.1, 0.15) is 0 Å². The third kappa shape index (κ3) is 3.32. The summed E-state index contributed by atoms with van der Waals surface area (Å²) in [5.41, 5.74) is 0. The van der Waals surface area contributed by atoms with Crippen molar-refractivity contribution in [3.05, 3.63) is 17.9 Å². The van der Waals surface area contributed by atoms with Gasteiger partial charge in [0.05, 0.1) is 13.7 Å². The predicted molar refractivity (Wildman–Crippen MR) is 60.9 cm³/mol. The van der Waals surface area contributed by atoms with Crippen molar-refractivity contribution in [2.45, 2.75) is 0 Å². The van der Waals surface area contributed by atoms with Gasteiger partial charge < -0.3 is 14.7 Å². The van der Waals surface area contributed by atoms with Crippen LogP contribution in [0.3, 0.4) is 0 Å². The number of methoxy groups -OCH3 is 1. The van der Waals surface area contributed by atoms with Crippen LogP contribution in [0.1, 0.15) is 0 Å². The van der Waals surface area contributed by atoms with Crippen LogP contribution in [0.4, 0.5) is 5.95 Å². The number of aliphatic hydroxyl groups excluding tert-OH is 1. The summed E-state index contributed by atoms with van der Waals surface area (Å²) >= 11 is 5.72. The van der Waals surface area contributed by atoms with E-state index in [1.807, 2.05) is 0 Å². The van der Waals surface area contributed by atoms with Crippen molar-refractivity contribution in [2.75, 3.05) is 31.7 Å². The second kappa shape index (κ2) is 6.24. The third-order valence-corrected chi connectivity index (χ3v) is 1.93. The molecule has 0 aliphatic heterocycles. The Morgan fingerprint density at radius 3 is 2.81 bits per heavy atom. The molecule has 1 aromatic rings. The average Bonchev–Trinajstić information content (AvgIpc) is 2.28. The Labute approximate surface area is 98.6 Å². The normalized spacial score (nSPS) is 9.94. The van der Waals surface area contributed by atoms with E-state index in [1.54, 1.807) is 11.0 Å². The number of nitrogens with zero attached hydrogens (tertiary/aromatic N) is 4. The third-order valence-electron chi connectivity index (χ3n) is 1.76. The Bertz CT molecular complexity index is 361. The molecule has 0 saturated carbocycles. The van der Waals surface area contributed by atoms with Crippen LogP contribution in [0, 0.1) is 0 Å². The number of anilines is 1. The smallest absolute Gasteiger partial charge is 0.322 e. The highest BCUT2D eigenvalue weighted by Gasteiger charge is 2.11. The summed E-state index contributed by atoms with van der Waals surface area (Å²) in [6.07, 6.45) is 1.68. The van der Waals surface area contributed by atoms with Crippen molar-refractivity contribution in [3.8, 4) is 6.01 Å². The van der Waals surface area contributed by atoms with Crippen LogP contribution < -0.4 is 9.64 Å². The molecule has 0 unspecified atom stereocenters. The van der Waals surface area contributed by atoms with E-state index >= 15 is 0 Å². The number of aromatic nitrogens is 3. The lowest BCUT2D eigenvalue weighted by Gasteiger charge is -2.19. The molecule has 0 bridgehead atoms. The summed E-state index contributed by atoms with van der Waals surface area (Å²) in [7, 11) is 1.44. The first-order valence-corrected chi connectivity index (χ1v) is 5.01. The molecule has 1 N–H and O–H groups in total. The Hall–Kier alpha value is -1.40. The molecule has 0 fully saturated rings. The Morgan fingerprint density at radius 1 is 1.50 bits per heavy atom. The minimum atomic E-state index is -0.0144. The Balaban J connectivity index is 2.97. The Morgan fingerprint density at radius 2 is 2.25 bits per heavy atom. The first-order chi connectivity index (χ1) is 7.71. The molecule has 0 radical (unpaired) electrons. The topological polar surface area (TPSA) is 71.4 Å². The molecule has 0 amide bonds. The zero-order chi connectivity index (χ0) is 12.0. The molecule has 0 aliphatic rings. The maximum Gasteiger partial charge on any atom is 0.322 e. The molecule has 0 aliphatic carbocycles. The number of aliphatic hydroxyl groups is 1. The molecule has 1 aromatic heterocycles. The van der Waals surface area contributed by atoms with Crippen LogP contribution in [0.15, 0.2) is 12.7 Å². The minimum Gasteiger partial charge on any atom is -0.467 e. The highest BCUT2D eigenvalue weighted by Crippen LogP contribution is 2.14. The zero-order valence-corrected chi connectivity index (χ0v) is 9.68. The fourth-order valence-electron chi connectivity index (χ4n) is 1.10. The van der Waals surface area contributed by atoms with Crippen molar-refractivity contribution in [3.63, 3.8) is 0 Å². The molecule has 0 spiro atoms. The van der Waals surface area contributed by atoms with Gasteiger partial charge in [-0.15, -0.1) is 6.58 Å². The highest BCUT2D eigenvalue weighted by molar-refractivity contribution is 6.28. The van der Waals surface area contributed by atoms with E-state index in [-0.39, 0.29) is 17.9 Å². The van der Waals surface area contributed by atoms with E-state index in [9.17, 15) is 0 Å². The van der Waals surface area contributed by atoms with Crippen LogP contribution in [-0.4, -0.2) is 46.9 Å². The summed E-state index contributed by atoms with van der Waals surface area (Å²) in [4.78, 5) is 13.4. The van der Waals surface area contributed by atoms with Gasteiger partial charge in [0.25, 0.3) is 0 Å². The van der Waals surface area contributed by atoms with Gasteiger partial charge in [0, 0.05) is 13.1 Å². The van der Waals surface area contributed by atoms with Gasteiger partial charge in [-0.3, -0.25) is 0 Å². The zero-order valence-electron chi connectivity index (χ0n) is 8.93. The Kier molecular flexibility index (Phi) is 4.94. The second-order valence-corrected chi connectivity index (χ2v) is 3.19. The van der Waals surface area contributed by atoms with Gasteiger partial charge in [-0.1, -0.05) is 6.08 Å². The number of halogens is 1. The quantitative estimate of drug-likeness (QED) is 0.736. The standard InChI is InChI=1S/C9H13ClN4O2/c1-3-4-14(5-6-15)8-11-7(10)12-9(13-8)16-2/h3,15H,1,4-6H2,2H3. The van der Waals surface area contributed by atoms with E-state index in [1.165, 1.54) is 7.11 Å². The SMILES string of the molecule is C=CCN(CCO)c1nc(Cl)nc(OC)n1. The first-order valence-electron chi connectivity index (χ1n) is 4.63. The van der Waals surface area contributed by atoms with Crippen LogP contribution in [-0.2, 0) is 0 Å². The van der Waals surface area contributed by atoms with Gasteiger partial charge in [-0.2, -0.15) is 15.0 Å². The molecular formula is C9H13ClN4O2. The van der Waals surface area contributed by atoms with E-state index in [0.717, 1.165) is 0 Å². The molecule has 16 heavy (non-hydrogen) atoms. The number of ether oxygens (including phenoxy) is 1. The maximum atomic E-state index is 8.91. The maximum absolute atomic E-state index is 8.91. The molecule has 0 atom stereocenters. The van der Waals surface area contributed by atoms with Crippen LogP contribution in [0.5, 0.6) is 6.01 Å². The van der Waals surface area contributed by atoms with E-state index < -0.39 is 0 Å². The van der Waals surface area contributed by atoms with Gasteiger partial charge >= 0.3 is 6.01 Å². The van der Waals surface area contributed by atoms with Gasteiger partial charge in [-0.25, -0.2) is 0 Å². The van der Waals surface area contributed by atoms with Crippen molar-refractivity contribution >= 4 is 17.5 Å². The lowest BCUT2D eigenvalue weighted by molar-refractivity contribution is 0.302. The largest absolute Gasteiger partial charge is 0.467 e. The summed E-state index contributed by atoms with van der Waals surface area (Å²) in [5, 5.41) is 8.96. The summed E-state index contributed by atoms with van der Waals surface area (Å²) < 4.78 is 4.88. The summed E-state index contributed by atoms with van der Waals surface area (Å²) in [6.45, 7) is 4.49. The molecular weight excluding hydrogens is 232 g/mol. The number of hydrogen-bond acceptors (Lipinski definition) is 6. The molecule has 0 saturated heterocycles. The number of hydrogen-bond donors (Lipinski definition) is 1. The fraction of sp³-hybridized carbons (Fsp3) is 0.444. The van der Waals surface area contributed by atoms with E-state index in [4.69, 9.17) is 21.4 Å². The molecule has 7 heteroatoms. The first kappa shape index (κ1) is 12.7.